The van der Waals surface area contributed by atoms with E-state index in [4.69, 9.17) is 10.5 Å². The molecule has 2 nitrogen and oxygen atoms in total. The highest BCUT2D eigenvalue weighted by Crippen LogP contribution is 2.18. The predicted octanol–water partition coefficient (Wildman–Crippen LogP) is 3.06. The molecule has 2 heteroatoms. The van der Waals surface area contributed by atoms with Crippen molar-refractivity contribution in [3.63, 3.8) is 0 Å². The van der Waals surface area contributed by atoms with Crippen molar-refractivity contribution in [3.8, 4) is 0 Å². The second-order valence-corrected chi connectivity index (χ2v) is 4.18. The van der Waals surface area contributed by atoms with Crippen molar-refractivity contribution in [2.75, 3.05) is 6.61 Å². The van der Waals surface area contributed by atoms with Crippen molar-refractivity contribution in [2.45, 2.75) is 45.8 Å². The molecule has 16 heavy (non-hydrogen) atoms. The molecule has 90 valence electrons. The number of hydrogen-bond acceptors (Lipinski definition) is 2. The highest BCUT2D eigenvalue weighted by Gasteiger charge is 2.14. The molecule has 1 aromatic rings. The maximum atomic E-state index is 6.16. The van der Waals surface area contributed by atoms with E-state index in [0.29, 0.717) is 6.61 Å². The van der Waals surface area contributed by atoms with E-state index < -0.39 is 0 Å². The van der Waals surface area contributed by atoms with Crippen molar-refractivity contribution in [1.29, 1.82) is 0 Å². The summed E-state index contributed by atoms with van der Waals surface area (Å²) in [7, 11) is 0. The number of benzene rings is 1. The summed E-state index contributed by atoms with van der Waals surface area (Å²) in [6, 6.07) is 8.49. The third-order valence-corrected chi connectivity index (χ3v) is 2.81. The normalized spacial score (nSPS) is 14.8. The lowest BCUT2D eigenvalue weighted by molar-refractivity contribution is 0.0574. The maximum Gasteiger partial charge on any atom is 0.0739 e. The molecular formula is C14H23NO. The standard InChI is InChI=1S/C14H23NO/c1-4-7-12-8-6-9-13(10-12)14(15)11(3)16-5-2/h6,8-11,14H,4-5,7,15H2,1-3H3. The lowest BCUT2D eigenvalue weighted by atomic mass is 9.99. The van der Waals surface area contributed by atoms with Gasteiger partial charge in [-0.05, 0) is 31.4 Å². The van der Waals surface area contributed by atoms with Gasteiger partial charge in [-0.25, -0.2) is 0 Å². The molecule has 0 aromatic heterocycles. The van der Waals surface area contributed by atoms with Crippen LogP contribution < -0.4 is 5.73 Å². The van der Waals surface area contributed by atoms with Gasteiger partial charge in [0, 0.05) is 6.61 Å². The minimum Gasteiger partial charge on any atom is -0.377 e. The van der Waals surface area contributed by atoms with Gasteiger partial charge in [-0.3, -0.25) is 0 Å². The first-order valence-corrected chi connectivity index (χ1v) is 6.15. The van der Waals surface area contributed by atoms with E-state index in [1.54, 1.807) is 0 Å². The highest BCUT2D eigenvalue weighted by atomic mass is 16.5. The summed E-state index contributed by atoms with van der Waals surface area (Å²) in [4.78, 5) is 0. The average Bonchev–Trinajstić information content (AvgIpc) is 2.29. The van der Waals surface area contributed by atoms with E-state index >= 15 is 0 Å². The summed E-state index contributed by atoms with van der Waals surface area (Å²) in [6.45, 7) is 6.93. The molecular weight excluding hydrogens is 198 g/mol. The van der Waals surface area contributed by atoms with Crippen LogP contribution in [0.4, 0.5) is 0 Å². The average molecular weight is 221 g/mol. The molecule has 0 amide bonds. The van der Waals surface area contributed by atoms with Crippen molar-refractivity contribution in [2.24, 2.45) is 5.73 Å². The molecule has 1 aromatic carbocycles. The Morgan fingerprint density at radius 3 is 2.69 bits per heavy atom. The first-order valence-electron chi connectivity index (χ1n) is 6.15. The quantitative estimate of drug-likeness (QED) is 0.801. The van der Waals surface area contributed by atoms with Crippen LogP contribution in [0.2, 0.25) is 0 Å². The van der Waals surface area contributed by atoms with Crippen molar-refractivity contribution < 1.29 is 4.74 Å². The first-order chi connectivity index (χ1) is 7.69. The zero-order valence-electron chi connectivity index (χ0n) is 10.6. The van der Waals surface area contributed by atoms with E-state index in [1.807, 2.05) is 13.8 Å². The topological polar surface area (TPSA) is 35.2 Å². The van der Waals surface area contributed by atoms with Gasteiger partial charge < -0.3 is 10.5 Å². The van der Waals surface area contributed by atoms with Crippen LogP contribution in [0.1, 0.15) is 44.4 Å². The second kappa shape index (κ2) is 6.66. The fourth-order valence-electron chi connectivity index (χ4n) is 1.88. The zero-order chi connectivity index (χ0) is 12.0. The Morgan fingerprint density at radius 2 is 2.06 bits per heavy atom. The summed E-state index contributed by atoms with van der Waals surface area (Å²) < 4.78 is 5.53. The van der Waals surface area contributed by atoms with Crippen LogP contribution >= 0.6 is 0 Å². The third-order valence-electron chi connectivity index (χ3n) is 2.81. The van der Waals surface area contributed by atoms with Crippen LogP contribution in [0.3, 0.4) is 0 Å². The van der Waals surface area contributed by atoms with Gasteiger partial charge in [0.15, 0.2) is 0 Å². The van der Waals surface area contributed by atoms with Crippen molar-refractivity contribution in [1.82, 2.24) is 0 Å². The molecule has 2 atom stereocenters. The number of aryl methyl sites for hydroxylation is 1. The van der Waals surface area contributed by atoms with E-state index in [0.717, 1.165) is 6.42 Å². The minimum atomic E-state index is -0.0308. The molecule has 0 saturated heterocycles. The Balaban J connectivity index is 2.74. The highest BCUT2D eigenvalue weighted by molar-refractivity contribution is 5.26. The number of rotatable bonds is 6. The number of ether oxygens (including phenoxy) is 1. The van der Waals surface area contributed by atoms with Crippen LogP contribution in [0.25, 0.3) is 0 Å². The molecule has 2 unspecified atom stereocenters. The second-order valence-electron chi connectivity index (χ2n) is 4.18. The third kappa shape index (κ3) is 3.62. The molecule has 0 radical (unpaired) electrons. The largest absolute Gasteiger partial charge is 0.377 e. The van der Waals surface area contributed by atoms with Gasteiger partial charge >= 0.3 is 0 Å². The van der Waals surface area contributed by atoms with E-state index in [2.05, 4.69) is 31.2 Å². The van der Waals surface area contributed by atoms with E-state index in [-0.39, 0.29) is 12.1 Å². The molecule has 0 aliphatic heterocycles. The van der Waals surface area contributed by atoms with Gasteiger partial charge in [-0.1, -0.05) is 37.6 Å². The smallest absolute Gasteiger partial charge is 0.0739 e. The Hall–Kier alpha value is -0.860. The lowest BCUT2D eigenvalue weighted by Gasteiger charge is -2.20. The Labute approximate surface area is 98.8 Å². The maximum absolute atomic E-state index is 6.16. The van der Waals surface area contributed by atoms with Crippen LogP contribution in [0.5, 0.6) is 0 Å². The van der Waals surface area contributed by atoms with Crippen LogP contribution in [0.15, 0.2) is 24.3 Å². The molecule has 0 bridgehead atoms. The molecule has 0 aliphatic carbocycles. The van der Waals surface area contributed by atoms with Gasteiger partial charge in [0.2, 0.25) is 0 Å². The lowest BCUT2D eigenvalue weighted by Crippen LogP contribution is -2.26. The van der Waals surface area contributed by atoms with Crippen LogP contribution in [-0.2, 0) is 11.2 Å². The summed E-state index contributed by atoms with van der Waals surface area (Å²) in [5, 5.41) is 0. The van der Waals surface area contributed by atoms with E-state index in [9.17, 15) is 0 Å². The number of nitrogens with two attached hydrogens (primary N) is 1. The monoisotopic (exact) mass is 221 g/mol. The Bertz CT molecular complexity index is 311. The molecule has 0 spiro atoms. The Morgan fingerprint density at radius 1 is 1.31 bits per heavy atom. The summed E-state index contributed by atoms with van der Waals surface area (Å²) in [6.07, 6.45) is 2.35. The number of hydrogen-bond donors (Lipinski definition) is 1. The SMILES string of the molecule is CCCc1cccc(C(N)C(C)OCC)c1. The molecule has 0 fully saturated rings. The first kappa shape index (κ1) is 13.2. The van der Waals surface area contributed by atoms with Crippen molar-refractivity contribution >= 4 is 0 Å². The van der Waals surface area contributed by atoms with Crippen LogP contribution in [-0.4, -0.2) is 12.7 Å². The van der Waals surface area contributed by atoms with Crippen molar-refractivity contribution in [3.05, 3.63) is 35.4 Å². The minimum absolute atomic E-state index is 0.0308. The Kier molecular flexibility index (Phi) is 5.50. The fraction of sp³-hybridized carbons (Fsp3) is 0.571. The van der Waals surface area contributed by atoms with Gasteiger partial charge in [0.05, 0.1) is 12.1 Å². The van der Waals surface area contributed by atoms with E-state index in [1.165, 1.54) is 17.5 Å². The molecule has 0 saturated carbocycles. The summed E-state index contributed by atoms with van der Waals surface area (Å²) >= 11 is 0. The van der Waals surface area contributed by atoms with Crippen LogP contribution in [0, 0.1) is 0 Å². The zero-order valence-corrected chi connectivity index (χ0v) is 10.6. The fourth-order valence-corrected chi connectivity index (χ4v) is 1.88. The van der Waals surface area contributed by atoms with Gasteiger partial charge in [-0.15, -0.1) is 0 Å². The predicted molar refractivity (Wildman–Crippen MR) is 68.5 cm³/mol. The molecule has 1 rings (SSSR count). The van der Waals surface area contributed by atoms with Gasteiger partial charge in [0.25, 0.3) is 0 Å². The molecule has 2 N–H and O–H groups in total. The van der Waals surface area contributed by atoms with Gasteiger partial charge in [0.1, 0.15) is 0 Å². The summed E-state index contributed by atoms with van der Waals surface area (Å²) in [5.41, 5.74) is 8.70. The molecule has 0 aliphatic rings. The van der Waals surface area contributed by atoms with Gasteiger partial charge in [-0.2, -0.15) is 0 Å². The molecule has 0 heterocycles. The summed E-state index contributed by atoms with van der Waals surface area (Å²) in [5.74, 6) is 0.